The molecule has 6 nitrogen and oxygen atoms in total. The topological polar surface area (TPSA) is 96.0 Å². The third kappa shape index (κ3) is 3.07. The van der Waals surface area contributed by atoms with Crippen molar-refractivity contribution in [2.24, 2.45) is 5.41 Å². The van der Waals surface area contributed by atoms with E-state index in [1.165, 1.54) is 13.0 Å². The van der Waals surface area contributed by atoms with Crippen LogP contribution in [0.25, 0.3) is 0 Å². The lowest BCUT2D eigenvalue weighted by Crippen LogP contribution is -2.31. The Bertz CT molecular complexity index is 563. The van der Waals surface area contributed by atoms with Gasteiger partial charge in [0.1, 0.15) is 5.41 Å². The minimum Gasteiger partial charge on any atom is -0.324 e. The largest absolute Gasteiger partial charge is 0.324 e. The first-order valence-electron chi connectivity index (χ1n) is 5.82. The number of nitro benzene ring substituents is 1. The normalized spacial score (nSPS) is 13.2. The van der Waals surface area contributed by atoms with E-state index in [1.807, 2.05) is 6.07 Å². The Labute approximate surface area is 111 Å². The first kappa shape index (κ1) is 14.6. The molecule has 0 saturated heterocycles. The molecular formula is C13H15N3O3. The molecule has 1 unspecified atom stereocenters. The summed E-state index contributed by atoms with van der Waals surface area (Å²) in [6, 6.07) is 6.38. The zero-order valence-electron chi connectivity index (χ0n) is 11.1. The van der Waals surface area contributed by atoms with Crippen LogP contribution in [0.2, 0.25) is 0 Å². The van der Waals surface area contributed by atoms with Gasteiger partial charge in [0.2, 0.25) is 5.91 Å². The van der Waals surface area contributed by atoms with Gasteiger partial charge in [0.15, 0.2) is 0 Å². The highest BCUT2D eigenvalue weighted by Crippen LogP contribution is 2.26. The molecule has 1 aromatic rings. The lowest BCUT2D eigenvalue weighted by molar-refractivity contribution is -0.385. The first-order chi connectivity index (χ1) is 8.84. The van der Waals surface area contributed by atoms with Crippen LogP contribution in [-0.2, 0) is 4.79 Å². The van der Waals surface area contributed by atoms with Gasteiger partial charge in [-0.15, -0.1) is 0 Å². The molecule has 100 valence electrons. The fraction of sp³-hybridized carbons (Fsp3) is 0.385. The molecule has 1 N–H and O–H groups in total. The number of nitro groups is 1. The Morgan fingerprint density at radius 3 is 2.68 bits per heavy atom. The van der Waals surface area contributed by atoms with Gasteiger partial charge in [-0.05, 0) is 26.3 Å². The van der Waals surface area contributed by atoms with E-state index in [-0.39, 0.29) is 5.69 Å². The highest BCUT2D eigenvalue weighted by Gasteiger charge is 2.31. The van der Waals surface area contributed by atoms with Gasteiger partial charge in [0, 0.05) is 17.3 Å². The number of hydrogen-bond donors (Lipinski definition) is 1. The second-order valence-corrected chi connectivity index (χ2v) is 4.51. The molecule has 1 amide bonds. The second kappa shape index (κ2) is 5.48. The first-order valence-corrected chi connectivity index (χ1v) is 5.82. The van der Waals surface area contributed by atoms with Crippen molar-refractivity contribution in [2.45, 2.75) is 27.2 Å². The van der Waals surface area contributed by atoms with Crippen molar-refractivity contribution >= 4 is 17.3 Å². The minimum atomic E-state index is -1.14. The van der Waals surface area contributed by atoms with E-state index >= 15 is 0 Å². The summed E-state index contributed by atoms with van der Waals surface area (Å²) in [5, 5.41) is 22.4. The Balaban J connectivity index is 3.02. The molecule has 0 aromatic heterocycles. The summed E-state index contributed by atoms with van der Waals surface area (Å²) < 4.78 is 0. The molecule has 0 aliphatic carbocycles. The average molecular weight is 261 g/mol. The summed E-state index contributed by atoms with van der Waals surface area (Å²) in [7, 11) is 0. The maximum atomic E-state index is 12.0. The monoisotopic (exact) mass is 261 g/mol. The van der Waals surface area contributed by atoms with E-state index in [0.29, 0.717) is 17.7 Å². The molecular weight excluding hydrogens is 246 g/mol. The lowest BCUT2D eigenvalue weighted by atomic mass is 9.88. The number of carbonyl (C=O) groups is 1. The number of aryl methyl sites for hydroxylation is 1. The number of nitrogens with one attached hydrogen (secondary N) is 1. The standard InChI is InChI=1S/C13H15N3O3/c1-4-13(3,8-14)12(17)15-10-6-5-9(2)11(7-10)16(18)19/h5-7H,4H2,1-3H3,(H,15,17). The van der Waals surface area contributed by atoms with Gasteiger partial charge in [-0.2, -0.15) is 5.26 Å². The molecule has 6 heteroatoms. The summed E-state index contributed by atoms with van der Waals surface area (Å²) in [6.07, 6.45) is 0.364. The molecule has 19 heavy (non-hydrogen) atoms. The van der Waals surface area contributed by atoms with Crippen LogP contribution in [0.5, 0.6) is 0 Å². The molecule has 0 aliphatic heterocycles. The third-order valence-electron chi connectivity index (χ3n) is 3.12. The van der Waals surface area contributed by atoms with Crippen molar-refractivity contribution < 1.29 is 9.72 Å². The van der Waals surface area contributed by atoms with Gasteiger partial charge in [-0.3, -0.25) is 14.9 Å². The second-order valence-electron chi connectivity index (χ2n) is 4.51. The van der Waals surface area contributed by atoms with Crippen molar-refractivity contribution in [3.8, 4) is 6.07 Å². The maximum Gasteiger partial charge on any atom is 0.274 e. The zero-order chi connectivity index (χ0) is 14.6. The smallest absolute Gasteiger partial charge is 0.274 e. The van der Waals surface area contributed by atoms with Gasteiger partial charge >= 0.3 is 0 Å². The average Bonchev–Trinajstić information content (AvgIpc) is 2.39. The summed E-state index contributed by atoms with van der Waals surface area (Å²) in [5.74, 6) is -0.462. The molecule has 1 atom stereocenters. The van der Waals surface area contributed by atoms with Crippen molar-refractivity contribution in [1.82, 2.24) is 0 Å². The number of benzene rings is 1. The van der Waals surface area contributed by atoms with Crippen molar-refractivity contribution in [3.63, 3.8) is 0 Å². The van der Waals surface area contributed by atoms with Crippen molar-refractivity contribution in [2.75, 3.05) is 5.32 Å². The molecule has 1 rings (SSSR count). The van der Waals surface area contributed by atoms with E-state index in [9.17, 15) is 14.9 Å². The summed E-state index contributed by atoms with van der Waals surface area (Å²) >= 11 is 0. The zero-order valence-corrected chi connectivity index (χ0v) is 11.1. The Morgan fingerprint density at radius 2 is 2.21 bits per heavy atom. The van der Waals surface area contributed by atoms with Crippen molar-refractivity contribution in [3.05, 3.63) is 33.9 Å². The van der Waals surface area contributed by atoms with Crippen LogP contribution in [0.15, 0.2) is 18.2 Å². The fourth-order valence-corrected chi connectivity index (χ4v) is 1.44. The molecule has 0 fully saturated rings. The van der Waals surface area contributed by atoms with Crippen LogP contribution in [0, 0.1) is 33.8 Å². The molecule has 0 heterocycles. The summed E-state index contributed by atoms with van der Waals surface area (Å²) in [6.45, 7) is 4.89. The van der Waals surface area contributed by atoms with Crippen LogP contribution < -0.4 is 5.32 Å². The van der Waals surface area contributed by atoms with Crippen LogP contribution >= 0.6 is 0 Å². The van der Waals surface area contributed by atoms with Crippen LogP contribution in [0.4, 0.5) is 11.4 Å². The van der Waals surface area contributed by atoms with Crippen LogP contribution in [-0.4, -0.2) is 10.8 Å². The summed E-state index contributed by atoms with van der Waals surface area (Å²) in [4.78, 5) is 22.3. The quantitative estimate of drug-likeness (QED) is 0.665. The predicted molar refractivity (Wildman–Crippen MR) is 70.5 cm³/mol. The SMILES string of the molecule is CCC(C)(C#N)C(=O)Nc1ccc(C)c([N+](=O)[O-])c1. The lowest BCUT2D eigenvalue weighted by Gasteiger charge is -2.18. The molecule has 0 aliphatic rings. The number of amides is 1. The predicted octanol–water partition coefficient (Wildman–Crippen LogP) is 2.78. The Kier molecular flexibility index (Phi) is 4.22. The fourth-order valence-electron chi connectivity index (χ4n) is 1.44. The van der Waals surface area contributed by atoms with Crippen LogP contribution in [0.3, 0.4) is 0 Å². The number of hydrogen-bond acceptors (Lipinski definition) is 4. The Hall–Kier alpha value is -2.42. The van der Waals surface area contributed by atoms with E-state index < -0.39 is 16.2 Å². The number of carbonyl (C=O) groups excluding carboxylic acids is 1. The van der Waals surface area contributed by atoms with Crippen molar-refractivity contribution in [1.29, 1.82) is 5.26 Å². The highest BCUT2D eigenvalue weighted by atomic mass is 16.6. The maximum absolute atomic E-state index is 12.0. The van der Waals surface area contributed by atoms with Gasteiger partial charge in [-0.1, -0.05) is 13.0 Å². The third-order valence-corrected chi connectivity index (χ3v) is 3.12. The molecule has 0 spiro atoms. The van der Waals surface area contributed by atoms with Gasteiger partial charge in [-0.25, -0.2) is 0 Å². The minimum absolute atomic E-state index is 0.0621. The number of nitriles is 1. The van der Waals surface area contributed by atoms with E-state index in [2.05, 4.69) is 5.32 Å². The van der Waals surface area contributed by atoms with E-state index in [0.717, 1.165) is 0 Å². The van der Waals surface area contributed by atoms with E-state index in [1.54, 1.807) is 26.0 Å². The molecule has 0 saturated carbocycles. The van der Waals surface area contributed by atoms with Gasteiger partial charge in [0.25, 0.3) is 5.69 Å². The van der Waals surface area contributed by atoms with Gasteiger partial charge in [0.05, 0.1) is 11.0 Å². The van der Waals surface area contributed by atoms with Gasteiger partial charge < -0.3 is 5.32 Å². The molecule has 1 aromatic carbocycles. The molecule has 0 radical (unpaired) electrons. The Morgan fingerprint density at radius 1 is 1.58 bits per heavy atom. The number of rotatable bonds is 4. The molecule has 0 bridgehead atoms. The summed E-state index contributed by atoms with van der Waals surface area (Å²) in [5.41, 5.74) is -0.369. The number of nitrogens with zero attached hydrogens (tertiary/aromatic N) is 2. The highest BCUT2D eigenvalue weighted by molar-refractivity contribution is 5.97. The van der Waals surface area contributed by atoms with Crippen LogP contribution in [0.1, 0.15) is 25.8 Å². The van der Waals surface area contributed by atoms with E-state index in [4.69, 9.17) is 5.26 Å². The number of anilines is 1.